The molecule has 0 aromatic carbocycles. The van der Waals surface area contributed by atoms with Crippen LogP contribution in [0.15, 0.2) is 17.1 Å². The van der Waals surface area contributed by atoms with Crippen molar-refractivity contribution < 1.29 is 4.79 Å². The molecular formula is C6H7N3O2. The lowest BCUT2D eigenvalue weighted by molar-refractivity contribution is 0.0933. The molecule has 0 atom stereocenters. The fraction of sp³-hybridized carbons (Fsp3) is 0.167. The lowest BCUT2D eigenvalue weighted by Crippen LogP contribution is -2.28. The van der Waals surface area contributed by atoms with Crippen LogP contribution in [0.5, 0.6) is 0 Å². The Bertz CT molecular complexity index is 342. The summed E-state index contributed by atoms with van der Waals surface area (Å²) >= 11 is 0. The normalized spacial score (nSPS) is 9.55. The van der Waals surface area contributed by atoms with E-state index in [2.05, 4.69) is 4.98 Å². The van der Waals surface area contributed by atoms with Crippen LogP contribution in [0.3, 0.4) is 0 Å². The van der Waals surface area contributed by atoms with E-state index in [9.17, 15) is 9.59 Å². The molecule has 2 N–H and O–H groups in total. The second-order valence-corrected chi connectivity index (χ2v) is 2.01. The molecule has 11 heavy (non-hydrogen) atoms. The summed E-state index contributed by atoms with van der Waals surface area (Å²) < 4.78 is 0.806. The van der Waals surface area contributed by atoms with E-state index in [1.165, 1.54) is 19.2 Å². The molecule has 0 bridgehead atoms. The zero-order chi connectivity index (χ0) is 8.43. The highest BCUT2D eigenvalue weighted by molar-refractivity contribution is 5.78. The fourth-order valence-corrected chi connectivity index (χ4v) is 0.737. The van der Waals surface area contributed by atoms with Gasteiger partial charge in [0, 0.05) is 13.1 Å². The zero-order valence-corrected chi connectivity index (χ0v) is 5.94. The number of hydrogen-bond acceptors (Lipinski definition) is 4. The van der Waals surface area contributed by atoms with Crippen LogP contribution in [-0.2, 0) is 0 Å². The van der Waals surface area contributed by atoms with E-state index in [1.807, 2.05) is 0 Å². The smallest absolute Gasteiger partial charge is 0.355 e. The van der Waals surface area contributed by atoms with Gasteiger partial charge >= 0.3 is 5.69 Å². The monoisotopic (exact) mass is 153 g/mol. The van der Waals surface area contributed by atoms with Crippen LogP contribution in [0, 0.1) is 0 Å². The summed E-state index contributed by atoms with van der Waals surface area (Å²) in [5.41, 5.74) is 4.68. The van der Waals surface area contributed by atoms with E-state index in [-0.39, 0.29) is 5.82 Å². The molecule has 5 heteroatoms. The third-order valence-electron chi connectivity index (χ3n) is 1.19. The van der Waals surface area contributed by atoms with E-state index in [4.69, 9.17) is 5.73 Å². The molecule has 0 aliphatic rings. The van der Waals surface area contributed by atoms with E-state index in [0.29, 0.717) is 0 Å². The molecule has 0 aliphatic heterocycles. The maximum Gasteiger partial charge on any atom is 0.355 e. The minimum Gasteiger partial charge on any atom is -0.385 e. The second kappa shape index (κ2) is 2.53. The van der Waals surface area contributed by atoms with Gasteiger partial charge in [-0.2, -0.15) is 0 Å². The fourth-order valence-electron chi connectivity index (χ4n) is 0.737. The maximum atomic E-state index is 10.8. The molecule has 1 rings (SSSR count). The average molecular weight is 153 g/mol. The summed E-state index contributed by atoms with van der Waals surface area (Å²) in [5.74, 6) is -0.321. The molecule has 0 fully saturated rings. The first-order chi connectivity index (χ1) is 5.13. The van der Waals surface area contributed by atoms with Crippen molar-refractivity contribution in [3.05, 3.63) is 22.7 Å². The Morgan fingerprint density at radius 3 is 2.73 bits per heavy atom. The Morgan fingerprint density at radius 2 is 2.36 bits per heavy atom. The average Bonchev–Trinajstić information content (AvgIpc) is 1.85. The number of hydrogen-bond donors (Lipinski definition) is 1. The molecule has 0 saturated heterocycles. The first-order valence-corrected chi connectivity index (χ1v) is 2.97. The topological polar surface area (TPSA) is 78.0 Å². The van der Waals surface area contributed by atoms with Crippen LogP contribution in [0.1, 0.15) is 11.7 Å². The van der Waals surface area contributed by atoms with Crippen LogP contribution in [0.4, 0.5) is 5.82 Å². The minimum absolute atomic E-state index is 0.109. The lowest BCUT2D eigenvalue weighted by atomic mass is 10.5. The predicted molar refractivity (Wildman–Crippen MR) is 39.2 cm³/mol. The highest BCUT2D eigenvalue weighted by atomic mass is 16.2. The van der Waals surface area contributed by atoms with Crippen molar-refractivity contribution in [3.8, 4) is 0 Å². The molecule has 5 nitrogen and oxygen atoms in total. The number of anilines is 1. The molecule has 0 saturated carbocycles. The van der Waals surface area contributed by atoms with Crippen molar-refractivity contribution in [1.29, 1.82) is 0 Å². The Hall–Kier alpha value is -1.65. The van der Waals surface area contributed by atoms with Crippen LogP contribution in [0.25, 0.3) is 0 Å². The SMILES string of the molecule is CC(=O)n1c(N)ccnc1=O. The van der Waals surface area contributed by atoms with Crippen LogP contribution in [0.2, 0.25) is 0 Å². The molecular weight excluding hydrogens is 146 g/mol. The van der Waals surface area contributed by atoms with Gasteiger partial charge in [0.2, 0.25) is 5.91 Å². The van der Waals surface area contributed by atoms with Gasteiger partial charge in [0.15, 0.2) is 0 Å². The first kappa shape index (κ1) is 7.46. The van der Waals surface area contributed by atoms with Crippen molar-refractivity contribution in [1.82, 2.24) is 9.55 Å². The van der Waals surface area contributed by atoms with Gasteiger partial charge in [-0.25, -0.2) is 14.3 Å². The standard InChI is InChI=1S/C6H7N3O2/c1-4(10)9-5(7)2-3-8-6(9)11/h2-3H,7H2,1H3. The minimum atomic E-state index is -0.641. The summed E-state index contributed by atoms with van der Waals surface area (Å²) in [6, 6.07) is 1.39. The van der Waals surface area contributed by atoms with Crippen molar-refractivity contribution >= 4 is 11.7 Å². The van der Waals surface area contributed by atoms with Crippen molar-refractivity contribution in [2.75, 3.05) is 5.73 Å². The second-order valence-electron chi connectivity index (χ2n) is 2.01. The van der Waals surface area contributed by atoms with Crippen LogP contribution < -0.4 is 11.4 Å². The Morgan fingerprint density at radius 1 is 1.73 bits per heavy atom. The largest absolute Gasteiger partial charge is 0.385 e. The molecule has 0 aliphatic carbocycles. The number of rotatable bonds is 0. The lowest BCUT2D eigenvalue weighted by Gasteiger charge is -2.00. The van der Waals surface area contributed by atoms with Gasteiger partial charge in [-0.3, -0.25) is 4.79 Å². The van der Waals surface area contributed by atoms with E-state index in [0.717, 1.165) is 4.57 Å². The number of nitrogens with two attached hydrogens (primary N) is 1. The van der Waals surface area contributed by atoms with E-state index in [1.54, 1.807) is 0 Å². The van der Waals surface area contributed by atoms with Gasteiger partial charge in [0.05, 0.1) is 0 Å². The highest BCUT2D eigenvalue weighted by Gasteiger charge is 2.03. The number of carbonyl (C=O) groups is 1. The van der Waals surface area contributed by atoms with Crippen LogP contribution >= 0.6 is 0 Å². The molecule has 1 heterocycles. The summed E-state index contributed by atoms with van der Waals surface area (Å²) in [4.78, 5) is 24.9. The maximum absolute atomic E-state index is 10.8. The molecule has 0 amide bonds. The number of nitrogens with zero attached hydrogens (tertiary/aromatic N) is 2. The van der Waals surface area contributed by atoms with Gasteiger partial charge in [-0.15, -0.1) is 0 Å². The third kappa shape index (κ3) is 1.26. The summed E-state index contributed by atoms with van der Waals surface area (Å²) in [6.45, 7) is 1.25. The van der Waals surface area contributed by atoms with Gasteiger partial charge in [0.25, 0.3) is 0 Å². The number of aromatic nitrogens is 2. The molecule has 0 radical (unpaired) electrons. The predicted octanol–water partition coefficient (Wildman–Crippen LogP) is -0.514. The van der Waals surface area contributed by atoms with Gasteiger partial charge in [-0.1, -0.05) is 0 Å². The molecule has 58 valence electrons. The summed E-state index contributed by atoms with van der Waals surface area (Å²) in [5, 5.41) is 0. The van der Waals surface area contributed by atoms with Gasteiger partial charge in [-0.05, 0) is 6.07 Å². The summed E-state index contributed by atoms with van der Waals surface area (Å²) in [6.07, 6.45) is 1.26. The molecule has 1 aromatic heterocycles. The molecule has 0 unspecified atom stereocenters. The molecule has 1 aromatic rings. The summed E-state index contributed by atoms with van der Waals surface area (Å²) in [7, 11) is 0. The first-order valence-electron chi connectivity index (χ1n) is 2.97. The van der Waals surface area contributed by atoms with Gasteiger partial charge < -0.3 is 5.73 Å². The quantitative estimate of drug-likeness (QED) is 0.544. The van der Waals surface area contributed by atoms with Crippen molar-refractivity contribution in [2.24, 2.45) is 0 Å². The number of nitrogen functional groups attached to an aromatic ring is 1. The van der Waals surface area contributed by atoms with Crippen molar-refractivity contribution in [2.45, 2.75) is 6.92 Å². The Balaban J connectivity index is 3.45. The Kier molecular flexibility index (Phi) is 1.72. The highest BCUT2D eigenvalue weighted by Crippen LogP contribution is 1.93. The van der Waals surface area contributed by atoms with Crippen molar-refractivity contribution in [3.63, 3.8) is 0 Å². The van der Waals surface area contributed by atoms with Gasteiger partial charge in [0.1, 0.15) is 5.82 Å². The number of carbonyl (C=O) groups excluding carboxylic acids is 1. The third-order valence-corrected chi connectivity index (χ3v) is 1.19. The van der Waals surface area contributed by atoms with E-state index < -0.39 is 11.6 Å². The zero-order valence-electron chi connectivity index (χ0n) is 5.94. The van der Waals surface area contributed by atoms with Crippen LogP contribution in [-0.4, -0.2) is 15.5 Å². The Labute approximate surface area is 62.5 Å². The van der Waals surface area contributed by atoms with E-state index >= 15 is 0 Å². The molecule has 0 spiro atoms.